The van der Waals surface area contributed by atoms with Crippen molar-refractivity contribution >= 4 is 22.1 Å². The summed E-state index contributed by atoms with van der Waals surface area (Å²) in [4.78, 5) is 25.1. The normalized spacial score (nSPS) is 16.5. The topological polar surface area (TPSA) is 125 Å². The molecule has 1 fully saturated rings. The Bertz CT molecular complexity index is 878. The van der Waals surface area contributed by atoms with E-state index >= 15 is 0 Å². The van der Waals surface area contributed by atoms with Crippen molar-refractivity contribution in [3.05, 3.63) is 29.8 Å². The van der Waals surface area contributed by atoms with Crippen molar-refractivity contribution in [2.75, 3.05) is 33.5 Å². The van der Waals surface area contributed by atoms with E-state index < -0.39 is 27.9 Å². The van der Waals surface area contributed by atoms with Crippen LogP contribution in [0.15, 0.2) is 29.2 Å². The average molecular weight is 501 g/mol. The monoisotopic (exact) mass is 500 g/mol. The number of rotatable bonds is 16. The zero-order valence-electron chi connectivity index (χ0n) is 20.1. The molecule has 0 spiro atoms. The first-order valence-electron chi connectivity index (χ1n) is 11.7. The minimum Gasteiger partial charge on any atom is -0.463 e. The second kappa shape index (κ2) is 13.8. The SMILES string of the molecule is CCC(CC(CC(C)C(=O)OCCOC1CC1)C(=O)OCCOC)c1ccc(S(=O)(=O)O)cc1. The molecule has 0 bridgehead atoms. The van der Waals surface area contributed by atoms with Gasteiger partial charge in [-0.1, -0.05) is 26.0 Å². The van der Waals surface area contributed by atoms with Gasteiger partial charge in [0.05, 0.1) is 36.0 Å². The van der Waals surface area contributed by atoms with Crippen LogP contribution in [0.3, 0.4) is 0 Å². The Balaban J connectivity index is 2.03. The van der Waals surface area contributed by atoms with Gasteiger partial charge >= 0.3 is 11.9 Å². The van der Waals surface area contributed by atoms with Gasteiger partial charge in [-0.25, -0.2) is 0 Å². The van der Waals surface area contributed by atoms with Crippen LogP contribution in [0, 0.1) is 11.8 Å². The van der Waals surface area contributed by atoms with Gasteiger partial charge in [0.15, 0.2) is 0 Å². The van der Waals surface area contributed by atoms with E-state index in [-0.39, 0.29) is 43.0 Å². The second-order valence-electron chi connectivity index (χ2n) is 8.62. The second-order valence-corrected chi connectivity index (χ2v) is 10.0. The smallest absolute Gasteiger partial charge is 0.309 e. The van der Waals surface area contributed by atoms with Crippen molar-refractivity contribution < 1.29 is 41.5 Å². The molecule has 0 aliphatic heterocycles. The number of esters is 2. The summed E-state index contributed by atoms with van der Waals surface area (Å²) in [5.41, 5.74) is 0.831. The lowest BCUT2D eigenvalue weighted by molar-refractivity contribution is -0.154. The minimum atomic E-state index is -4.28. The highest BCUT2D eigenvalue weighted by Gasteiger charge is 2.30. The number of benzene rings is 1. The number of hydrogen-bond donors (Lipinski definition) is 1. The number of carbonyl (C=O) groups excluding carboxylic acids is 2. The van der Waals surface area contributed by atoms with E-state index in [1.54, 1.807) is 19.1 Å². The lowest BCUT2D eigenvalue weighted by atomic mass is 9.83. The molecule has 1 aliphatic carbocycles. The minimum absolute atomic E-state index is 0.0782. The maximum Gasteiger partial charge on any atom is 0.309 e. The van der Waals surface area contributed by atoms with Crippen molar-refractivity contribution in [3.8, 4) is 0 Å². The summed E-state index contributed by atoms with van der Waals surface area (Å²) in [5.74, 6) is -1.96. The molecule has 192 valence electrons. The molecular weight excluding hydrogens is 464 g/mol. The molecule has 0 radical (unpaired) electrons. The molecule has 3 atom stereocenters. The Morgan fingerprint density at radius 2 is 1.62 bits per heavy atom. The van der Waals surface area contributed by atoms with Gasteiger partial charge in [-0.2, -0.15) is 8.42 Å². The Morgan fingerprint density at radius 1 is 1.00 bits per heavy atom. The molecule has 10 heteroatoms. The van der Waals surface area contributed by atoms with Crippen LogP contribution in [0.2, 0.25) is 0 Å². The molecule has 9 nitrogen and oxygen atoms in total. The molecule has 2 rings (SSSR count). The summed E-state index contributed by atoms with van der Waals surface area (Å²) < 4.78 is 52.9. The quantitative estimate of drug-likeness (QED) is 0.206. The van der Waals surface area contributed by atoms with Gasteiger partial charge < -0.3 is 18.9 Å². The van der Waals surface area contributed by atoms with Crippen molar-refractivity contribution in [3.63, 3.8) is 0 Å². The number of carbonyl (C=O) groups is 2. The summed E-state index contributed by atoms with van der Waals surface area (Å²) >= 11 is 0. The van der Waals surface area contributed by atoms with E-state index in [0.29, 0.717) is 25.6 Å². The van der Waals surface area contributed by atoms with Crippen molar-refractivity contribution in [1.82, 2.24) is 0 Å². The fourth-order valence-corrected chi connectivity index (χ4v) is 4.16. The van der Waals surface area contributed by atoms with Crippen LogP contribution in [0.1, 0.15) is 57.4 Å². The molecule has 0 heterocycles. The summed E-state index contributed by atoms with van der Waals surface area (Å²) in [5, 5.41) is 0. The molecule has 1 aliphatic rings. The Hall–Kier alpha value is -2.01. The van der Waals surface area contributed by atoms with E-state index in [4.69, 9.17) is 18.9 Å². The van der Waals surface area contributed by atoms with Crippen LogP contribution >= 0.6 is 0 Å². The maximum atomic E-state index is 12.8. The molecule has 0 aromatic heterocycles. The van der Waals surface area contributed by atoms with E-state index in [1.165, 1.54) is 19.2 Å². The summed E-state index contributed by atoms with van der Waals surface area (Å²) in [6.07, 6.45) is 3.75. The number of methoxy groups -OCH3 is 1. The molecular formula is C24H36O9S. The molecule has 1 N–H and O–H groups in total. The Morgan fingerprint density at radius 3 is 2.18 bits per heavy atom. The highest BCUT2D eigenvalue weighted by molar-refractivity contribution is 7.85. The molecule has 3 unspecified atom stereocenters. The van der Waals surface area contributed by atoms with Gasteiger partial charge in [-0.15, -0.1) is 0 Å². The van der Waals surface area contributed by atoms with Gasteiger partial charge in [0.25, 0.3) is 10.1 Å². The molecule has 1 aromatic rings. The number of hydrogen-bond acceptors (Lipinski definition) is 8. The highest BCUT2D eigenvalue weighted by Crippen LogP contribution is 2.32. The van der Waals surface area contributed by atoms with Crippen LogP contribution in [-0.4, -0.2) is 64.6 Å². The first-order valence-corrected chi connectivity index (χ1v) is 13.1. The van der Waals surface area contributed by atoms with Crippen LogP contribution in [-0.2, 0) is 38.7 Å². The molecule has 0 amide bonds. The van der Waals surface area contributed by atoms with E-state index in [1.807, 2.05) is 6.92 Å². The van der Waals surface area contributed by atoms with Gasteiger partial charge in [-0.3, -0.25) is 14.1 Å². The van der Waals surface area contributed by atoms with E-state index in [9.17, 15) is 22.6 Å². The lowest BCUT2D eigenvalue weighted by Crippen LogP contribution is -2.27. The zero-order chi connectivity index (χ0) is 25.1. The molecule has 34 heavy (non-hydrogen) atoms. The molecule has 1 aromatic carbocycles. The summed E-state index contributed by atoms with van der Waals surface area (Å²) in [6.45, 7) is 4.62. The predicted octanol–water partition coefficient (Wildman–Crippen LogP) is 3.37. The largest absolute Gasteiger partial charge is 0.463 e. The van der Waals surface area contributed by atoms with Crippen LogP contribution in [0.4, 0.5) is 0 Å². The van der Waals surface area contributed by atoms with Crippen LogP contribution < -0.4 is 0 Å². The third-order valence-corrected chi connectivity index (χ3v) is 6.69. The van der Waals surface area contributed by atoms with Gasteiger partial charge in [0.1, 0.15) is 13.2 Å². The fraction of sp³-hybridized carbons (Fsp3) is 0.667. The zero-order valence-corrected chi connectivity index (χ0v) is 20.9. The lowest BCUT2D eigenvalue weighted by Gasteiger charge is -2.24. The van der Waals surface area contributed by atoms with Gasteiger partial charge in [0.2, 0.25) is 0 Å². The van der Waals surface area contributed by atoms with Crippen LogP contribution in [0.25, 0.3) is 0 Å². The third-order valence-electron chi connectivity index (χ3n) is 5.82. The Kier molecular flexibility index (Phi) is 11.4. The fourth-order valence-electron chi connectivity index (χ4n) is 3.68. The van der Waals surface area contributed by atoms with Gasteiger partial charge in [0, 0.05) is 7.11 Å². The highest BCUT2D eigenvalue weighted by atomic mass is 32.2. The first kappa shape index (κ1) is 28.2. The van der Waals surface area contributed by atoms with Crippen molar-refractivity contribution in [1.29, 1.82) is 0 Å². The van der Waals surface area contributed by atoms with Gasteiger partial charge in [-0.05, 0) is 55.7 Å². The Labute approximate surface area is 201 Å². The maximum absolute atomic E-state index is 12.8. The van der Waals surface area contributed by atoms with E-state index in [0.717, 1.165) is 18.4 Å². The van der Waals surface area contributed by atoms with Crippen molar-refractivity contribution in [2.45, 2.75) is 62.9 Å². The molecule has 0 saturated heterocycles. The summed E-state index contributed by atoms with van der Waals surface area (Å²) in [6, 6.07) is 5.93. The summed E-state index contributed by atoms with van der Waals surface area (Å²) in [7, 11) is -2.77. The standard InChI is InChI=1S/C24H36O9S/c1-4-18(19-5-9-22(10-6-19)34(27,28)29)16-20(24(26)33-12-11-30-3)15-17(2)23(25)32-14-13-31-21-7-8-21/h5-6,9-10,17-18,20-21H,4,7-8,11-16H2,1-3H3,(H,27,28,29). The predicted molar refractivity (Wildman–Crippen MR) is 124 cm³/mol. The third kappa shape index (κ3) is 9.69. The first-order chi connectivity index (χ1) is 16.2. The molecule has 1 saturated carbocycles. The van der Waals surface area contributed by atoms with E-state index in [2.05, 4.69) is 0 Å². The van der Waals surface area contributed by atoms with Crippen molar-refractivity contribution in [2.24, 2.45) is 11.8 Å². The van der Waals surface area contributed by atoms with Crippen LogP contribution in [0.5, 0.6) is 0 Å². The average Bonchev–Trinajstić information content (AvgIpc) is 3.63. The number of ether oxygens (including phenoxy) is 4.